The summed E-state index contributed by atoms with van der Waals surface area (Å²) in [5, 5.41) is 12.1. The van der Waals surface area contributed by atoms with Gasteiger partial charge in [0, 0.05) is 18.4 Å². The van der Waals surface area contributed by atoms with Crippen LogP contribution < -0.4 is 5.32 Å². The number of carboxylic acids is 1. The molecule has 0 aromatic heterocycles. The number of aryl methyl sites for hydroxylation is 1. The van der Waals surface area contributed by atoms with Crippen molar-refractivity contribution in [3.63, 3.8) is 0 Å². The van der Waals surface area contributed by atoms with Crippen LogP contribution in [0.4, 0.5) is 0 Å². The number of carbonyl (C=O) groups excluding carboxylic acids is 2. The minimum absolute atomic E-state index is 0.0105. The number of carbonyl (C=O) groups is 3. The molecular weight excluding hydrogens is 326 g/mol. The Labute approximate surface area is 146 Å². The van der Waals surface area contributed by atoms with Crippen molar-refractivity contribution in [1.82, 2.24) is 5.32 Å². The van der Waals surface area contributed by atoms with Crippen LogP contribution >= 0.6 is 11.8 Å². The number of rotatable bonds is 7. The molecule has 2 N–H and O–H groups in total. The van der Waals surface area contributed by atoms with Crippen molar-refractivity contribution < 1.29 is 19.5 Å². The maximum atomic E-state index is 12.2. The molecule has 0 unspecified atom stereocenters. The zero-order valence-corrected chi connectivity index (χ0v) is 14.7. The predicted molar refractivity (Wildman–Crippen MR) is 94.5 cm³/mol. The largest absolute Gasteiger partial charge is 0.480 e. The van der Waals surface area contributed by atoms with E-state index in [4.69, 9.17) is 0 Å². The lowest BCUT2D eigenvalue weighted by Gasteiger charge is -2.33. The quantitative estimate of drug-likeness (QED) is 0.740. The molecule has 0 radical (unpaired) electrons. The molecule has 5 nitrogen and oxygen atoms in total. The zero-order valence-electron chi connectivity index (χ0n) is 13.8. The monoisotopic (exact) mass is 349 g/mol. The molecule has 1 fully saturated rings. The fourth-order valence-electron chi connectivity index (χ4n) is 2.74. The molecule has 6 heteroatoms. The smallest absolute Gasteiger partial charge is 0.329 e. The summed E-state index contributed by atoms with van der Waals surface area (Å²) in [6.45, 7) is 2.04. The van der Waals surface area contributed by atoms with E-state index < -0.39 is 11.5 Å². The topological polar surface area (TPSA) is 83.5 Å². The van der Waals surface area contributed by atoms with Gasteiger partial charge in [-0.25, -0.2) is 4.79 Å². The van der Waals surface area contributed by atoms with E-state index in [0.29, 0.717) is 18.4 Å². The van der Waals surface area contributed by atoms with E-state index in [0.717, 1.165) is 23.5 Å². The van der Waals surface area contributed by atoms with Gasteiger partial charge in [-0.05, 0) is 36.3 Å². The van der Waals surface area contributed by atoms with Crippen molar-refractivity contribution in [3.8, 4) is 0 Å². The van der Waals surface area contributed by atoms with Crippen LogP contribution in [-0.4, -0.2) is 39.8 Å². The molecule has 1 aliphatic heterocycles. The van der Waals surface area contributed by atoms with Crippen LogP contribution in [0.2, 0.25) is 0 Å². The molecule has 130 valence electrons. The molecule has 0 bridgehead atoms. The average Bonchev–Trinajstić information content (AvgIpc) is 2.60. The van der Waals surface area contributed by atoms with Gasteiger partial charge in [-0.15, -0.1) is 0 Å². The van der Waals surface area contributed by atoms with Gasteiger partial charge < -0.3 is 10.4 Å². The van der Waals surface area contributed by atoms with Crippen molar-refractivity contribution in [2.75, 3.05) is 11.5 Å². The fraction of sp³-hybridized carbons (Fsp3) is 0.500. The third kappa shape index (κ3) is 4.60. The first kappa shape index (κ1) is 18.5. The van der Waals surface area contributed by atoms with Gasteiger partial charge in [0.2, 0.25) is 5.91 Å². The number of carboxylic acid groups (broad SMARTS) is 1. The normalized spacial score (nSPS) is 16.4. The first-order chi connectivity index (χ1) is 11.5. The zero-order chi connectivity index (χ0) is 17.6. The van der Waals surface area contributed by atoms with Crippen molar-refractivity contribution >= 4 is 29.4 Å². The Hall–Kier alpha value is -1.82. The molecule has 1 aromatic carbocycles. The second-order valence-electron chi connectivity index (χ2n) is 6.02. The lowest BCUT2D eigenvalue weighted by atomic mass is 9.92. The Morgan fingerprint density at radius 1 is 1.12 bits per heavy atom. The highest BCUT2D eigenvalue weighted by molar-refractivity contribution is 7.99. The number of ketones is 1. The van der Waals surface area contributed by atoms with Gasteiger partial charge in [-0.1, -0.05) is 31.2 Å². The molecular formula is C18H23NO4S. The van der Waals surface area contributed by atoms with Crippen LogP contribution in [0.5, 0.6) is 0 Å². The van der Waals surface area contributed by atoms with E-state index in [2.05, 4.69) is 5.32 Å². The molecule has 1 amide bonds. The average molecular weight is 349 g/mol. The number of thioether (sulfide) groups is 1. The fourth-order valence-corrected chi connectivity index (χ4v) is 3.93. The molecule has 0 aliphatic carbocycles. The van der Waals surface area contributed by atoms with Gasteiger partial charge >= 0.3 is 5.97 Å². The van der Waals surface area contributed by atoms with Crippen molar-refractivity contribution in [3.05, 3.63) is 35.4 Å². The molecule has 1 aromatic rings. The summed E-state index contributed by atoms with van der Waals surface area (Å²) >= 11 is 1.69. The van der Waals surface area contributed by atoms with Gasteiger partial charge in [-0.3, -0.25) is 9.59 Å². The van der Waals surface area contributed by atoms with Crippen LogP contribution in [0.25, 0.3) is 0 Å². The molecule has 24 heavy (non-hydrogen) atoms. The van der Waals surface area contributed by atoms with Crippen LogP contribution in [0.15, 0.2) is 24.3 Å². The summed E-state index contributed by atoms with van der Waals surface area (Å²) in [6.07, 6.45) is 1.85. The Balaban J connectivity index is 1.89. The lowest BCUT2D eigenvalue weighted by Crippen LogP contribution is -2.56. The van der Waals surface area contributed by atoms with E-state index >= 15 is 0 Å². The minimum Gasteiger partial charge on any atom is -0.480 e. The third-order valence-electron chi connectivity index (χ3n) is 4.40. The molecule has 0 saturated carbocycles. The first-order valence-corrected chi connectivity index (χ1v) is 9.36. The van der Waals surface area contributed by atoms with E-state index in [1.165, 1.54) is 0 Å². The first-order valence-electron chi connectivity index (χ1n) is 8.21. The SMILES string of the molecule is CCc1ccc(C(=O)CCC(=O)NC2(C(=O)O)CCSCC2)cc1. The van der Waals surface area contributed by atoms with Crippen LogP contribution in [0, 0.1) is 0 Å². The van der Waals surface area contributed by atoms with Crippen LogP contribution in [-0.2, 0) is 16.0 Å². The second-order valence-corrected chi connectivity index (χ2v) is 7.25. The third-order valence-corrected chi connectivity index (χ3v) is 5.38. The van der Waals surface area contributed by atoms with Gasteiger partial charge in [0.05, 0.1) is 0 Å². The van der Waals surface area contributed by atoms with Crippen molar-refractivity contribution in [1.29, 1.82) is 0 Å². The molecule has 0 atom stereocenters. The van der Waals surface area contributed by atoms with Crippen molar-refractivity contribution in [2.45, 2.75) is 44.6 Å². The second kappa shape index (κ2) is 8.33. The van der Waals surface area contributed by atoms with Crippen molar-refractivity contribution in [2.24, 2.45) is 0 Å². The van der Waals surface area contributed by atoms with E-state index in [9.17, 15) is 19.5 Å². The van der Waals surface area contributed by atoms with E-state index in [1.807, 2.05) is 19.1 Å². The molecule has 2 rings (SSSR count). The molecule has 1 saturated heterocycles. The van der Waals surface area contributed by atoms with Crippen LogP contribution in [0.1, 0.15) is 48.5 Å². The van der Waals surface area contributed by atoms with E-state index in [-0.39, 0.29) is 24.5 Å². The van der Waals surface area contributed by atoms with Gasteiger partial charge in [0.1, 0.15) is 5.54 Å². The Morgan fingerprint density at radius 3 is 2.29 bits per heavy atom. The Bertz CT molecular complexity index is 606. The Morgan fingerprint density at radius 2 is 1.75 bits per heavy atom. The summed E-state index contributed by atoms with van der Waals surface area (Å²) < 4.78 is 0. The highest BCUT2D eigenvalue weighted by Gasteiger charge is 2.41. The molecule has 0 spiro atoms. The molecule has 1 heterocycles. The van der Waals surface area contributed by atoms with Gasteiger partial charge in [0.15, 0.2) is 5.78 Å². The number of benzene rings is 1. The minimum atomic E-state index is -1.17. The lowest BCUT2D eigenvalue weighted by molar-refractivity contribution is -0.148. The van der Waals surface area contributed by atoms with E-state index in [1.54, 1.807) is 23.9 Å². The predicted octanol–water partition coefficient (Wildman–Crippen LogP) is 2.68. The highest BCUT2D eigenvalue weighted by atomic mass is 32.2. The number of aliphatic carboxylic acids is 1. The maximum absolute atomic E-state index is 12.2. The van der Waals surface area contributed by atoms with Crippen LogP contribution in [0.3, 0.4) is 0 Å². The van der Waals surface area contributed by atoms with Gasteiger partial charge in [-0.2, -0.15) is 11.8 Å². The molecule has 1 aliphatic rings. The summed E-state index contributed by atoms with van der Waals surface area (Å²) in [7, 11) is 0. The number of hydrogen-bond acceptors (Lipinski definition) is 4. The number of amides is 1. The summed E-state index contributed by atoms with van der Waals surface area (Å²) in [4.78, 5) is 35.8. The summed E-state index contributed by atoms with van der Waals surface area (Å²) in [5.74, 6) is -0.0262. The van der Waals surface area contributed by atoms with Gasteiger partial charge in [0.25, 0.3) is 0 Å². The highest BCUT2D eigenvalue weighted by Crippen LogP contribution is 2.27. The standard InChI is InChI=1S/C18H23NO4S/c1-2-13-3-5-14(6-4-13)15(20)7-8-16(21)19-18(17(22)23)9-11-24-12-10-18/h3-6H,2,7-12H2,1H3,(H,19,21)(H,22,23). The maximum Gasteiger partial charge on any atom is 0.329 e. The summed E-state index contributed by atoms with van der Waals surface area (Å²) in [5.41, 5.74) is 0.568. The summed E-state index contributed by atoms with van der Waals surface area (Å²) in [6, 6.07) is 7.37. The Kier molecular flexibility index (Phi) is 6.43. The number of hydrogen-bond donors (Lipinski definition) is 2. The number of Topliss-reactive ketones (excluding diaryl/α,β-unsaturated/α-hetero) is 1. The number of nitrogens with one attached hydrogen (secondary N) is 1.